The lowest BCUT2D eigenvalue weighted by Crippen LogP contribution is -2.52. The highest BCUT2D eigenvalue weighted by molar-refractivity contribution is 5.92. The molecule has 254 valence electrons. The predicted octanol–water partition coefficient (Wildman–Crippen LogP) is 10.0. The van der Waals surface area contributed by atoms with Crippen LogP contribution >= 0.6 is 0 Å². The van der Waals surface area contributed by atoms with E-state index in [0.717, 1.165) is 42.2 Å². The Morgan fingerprint density at radius 1 is 0.731 bits per heavy atom. The first-order valence-corrected chi connectivity index (χ1v) is 19.0. The summed E-state index contributed by atoms with van der Waals surface area (Å²) >= 11 is 0. The number of benzene rings is 5. The Bertz CT molecular complexity index is 2480. The van der Waals surface area contributed by atoms with Gasteiger partial charge in [-0.25, -0.2) is 9.97 Å². The third-order valence-electron chi connectivity index (χ3n) is 14.0. The number of nitrogens with zero attached hydrogens (tertiary/aromatic N) is 6. The first-order valence-electron chi connectivity index (χ1n) is 19.0. The van der Waals surface area contributed by atoms with Crippen LogP contribution < -0.4 is 19.6 Å². The molecule has 1 saturated carbocycles. The number of aryl methyl sites for hydroxylation is 1. The smallest absolute Gasteiger partial charge is 0.161 e. The van der Waals surface area contributed by atoms with E-state index in [0.29, 0.717) is 11.8 Å². The first-order chi connectivity index (χ1) is 25.6. The van der Waals surface area contributed by atoms with Crippen LogP contribution in [0.3, 0.4) is 0 Å². The van der Waals surface area contributed by atoms with Crippen molar-refractivity contribution in [1.82, 2.24) is 9.97 Å². The molecule has 4 aliphatic heterocycles. The molecular formula is C46H40N6. The van der Waals surface area contributed by atoms with Gasteiger partial charge in [0.25, 0.3) is 0 Å². The van der Waals surface area contributed by atoms with Crippen molar-refractivity contribution in [2.45, 2.75) is 56.8 Å². The molecule has 12 rings (SSSR count). The van der Waals surface area contributed by atoms with Gasteiger partial charge in [0, 0.05) is 40.5 Å². The zero-order valence-corrected chi connectivity index (χ0v) is 29.7. The molecule has 6 nitrogen and oxygen atoms in total. The molecule has 1 fully saturated rings. The summed E-state index contributed by atoms with van der Waals surface area (Å²) in [5, 5.41) is 0. The number of fused-ring (bicyclic) bond motifs is 16. The third-order valence-corrected chi connectivity index (χ3v) is 14.0. The van der Waals surface area contributed by atoms with Crippen LogP contribution in [0.25, 0.3) is 11.4 Å². The molecule has 5 heterocycles. The lowest BCUT2D eigenvalue weighted by Gasteiger charge is -2.46. The number of anilines is 7. The molecule has 6 aliphatic rings. The van der Waals surface area contributed by atoms with Crippen LogP contribution in [0.4, 0.5) is 39.9 Å². The largest absolute Gasteiger partial charge is 0.336 e. The van der Waals surface area contributed by atoms with E-state index in [1.807, 2.05) is 0 Å². The van der Waals surface area contributed by atoms with Crippen molar-refractivity contribution in [3.05, 3.63) is 150 Å². The van der Waals surface area contributed by atoms with Gasteiger partial charge in [-0.15, -0.1) is 0 Å². The molecular weight excluding hydrogens is 637 g/mol. The number of aromatic nitrogens is 2. The second kappa shape index (κ2) is 9.82. The van der Waals surface area contributed by atoms with E-state index >= 15 is 0 Å². The van der Waals surface area contributed by atoms with E-state index in [2.05, 4.69) is 168 Å². The molecule has 52 heavy (non-hydrogen) atoms. The van der Waals surface area contributed by atoms with Crippen molar-refractivity contribution in [2.75, 3.05) is 26.6 Å². The summed E-state index contributed by atoms with van der Waals surface area (Å²) in [7, 11) is 2.31. The highest BCUT2D eigenvalue weighted by Gasteiger charge is 2.85. The first kappa shape index (κ1) is 29.0. The summed E-state index contributed by atoms with van der Waals surface area (Å²) in [5.74, 6) is 2.75. The van der Waals surface area contributed by atoms with Crippen LogP contribution in [0.15, 0.2) is 128 Å². The minimum atomic E-state index is -0.0604. The molecule has 5 aromatic carbocycles. The minimum Gasteiger partial charge on any atom is -0.336 e. The summed E-state index contributed by atoms with van der Waals surface area (Å²) in [6, 6.07) is 45.3. The molecule has 6 atom stereocenters. The minimum absolute atomic E-state index is 0.0449. The molecule has 6 unspecified atom stereocenters. The quantitative estimate of drug-likeness (QED) is 0.186. The van der Waals surface area contributed by atoms with E-state index in [-0.39, 0.29) is 23.2 Å². The van der Waals surface area contributed by atoms with Crippen molar-refractivity contribution in [3.8, 4) is 11.4 Å². The molecule has 0 saturated heterocycles. The molecule has 6 heteroatoms. The van der Waals surface area contributed by atoms with Gasteiger partial charge in [-0.05, 0) is 96.7 Å². The number of hydrogen-bond acceptors (Lipinski definition) is 6. The Morgan fingerprint density at radius 3 is 2.27 bits per heavy atom. The third kappa shape index (κ3) is 3.25. The van der Waals surface area contributed by atoms with Gasteiger partial charge in [0.15, 0.2) is 11.6 Å². The van der Waals surface area contributed by atoms with E-state index in [4.69, 9.17) is 9.97 Å². The van der Waals surface area contributed by atoms with Gasteiger partial charge < -0.3 is 19.6 Å². The van der Waals surface area contributed by atoms with Gasteiger partial charge in [0.1, 0.15) is 18.0 Å². The van der Waals surface area contributed by atoms with Crippen molar-refractivity contribution in [1.29, 1.82) is 0 Å². The maximum Gasteiger partial charge on any atom is 0.161 e. The molecule has 2 aliphatic carbocycles. The average molecular weight is 677 g/mol. The Morgan fingerprint density at radius 2 is 1.46 bits per heavy atom. The number of rotatable bonds is 3. The molecule has 2 bridgehead atoms. The fourth-order valence-electron chi connectivity index (χ4n) is 12.3. The average Bonchev–Trinajstić information content (AvgIpc) is 3.36. The van der Waals surface area contributed by atoms with Crippen LogP contribution in [0.5, 0.6) is 0 Å². The topological polar surface area (TPSA) is 38.7 Å². The van der Waals surface area contributed by atoms with E-state index < -0.39 is 0 Å². The van der Waals surface area contributed by atoms with E-state index in [1.165, 1.54) is 50.7 Å². The van der Waals surface area contributed by atoms with Crippen molar-refractivity contribution in [2.24, 2.45) is 11.3 Å². The van der Waals surface area contributed by atoms with Crippen molar-refractivity contribution in [3.63, 3.8) is 0 Å². The SMILES string of the molecule is CCC12C3N(C)c4nc(-c5ccccc5C)ncc4N3c3ccc4cc3C(C4)C1C21CC2N(c3ccccc3)c3ccccc3N2c2ccccc21. The predicted molar refractivity (Wildman–Crippen MR) is 209 cm³/mol. The van der Waals surface area contributed by atoms with Gasteiger partial charge in [0.2, 0.25) is 0 Å². The Labute approximate surface area is 305 Å². The molecule has 0 amide bonds. The van der Waals surface area contributed by atoms with Gasteiger partial charge in [-0.1, -0.05) is 91.9 Å². The molecule has 6 aromatic rings. The monoisotopic (exact) mass is 676 g/mol. The van der Waals surface area contributed by atoms with Gasteiger partial charge >= 0.3 is 0 Å². The Kier molecular flexibility index (Phi) is 5.48. The number of para-hydroxylation sites is 4. The Hall–Kier alpha value is -5.62. The zero-order chi connectivity index (χ0) is 34.5. The van der Waals surface area contributed by atoms with Crippen LogP contribution in [0.1, 0.15) is 47.9 Å². The fourth-order valence-corrected chi connectivity index (χ4v) is 12.3. The highest BCUT2D eigenvalue weighted by atomic mass is 15.5. The highest BCUT2D eigenvalue weighted by Crippen LogP contribution is 2.85. The zero-order valence-electron chi connectivity index (χ0n) is 29.7. The van der Waals surface area contributed by atoms with Crippen LogP contribution in [-0.2, 0) is 11.8 Å². The Balaban J connectivity index is 1.10. The van der Waals surface area contributed by atoms with Gasteiger partial charge in [-0.3, -0.25) is 0 Å². The molecule has 1 aromatic heterocycles. The van der Waals surface area contributed by atoms with E-state index in [1.54, 1.807) is 0 Å². The maximum atomic E-state index is 5.41. The summed E-state index contributed by atoms with van der Waals surface area (Å²) in [6.45, 7) is 4.63. The van der Waals surface area contributed by atoms with Gasteiger partial charge in [0.05, 0.1) is 17.6 Å². The lowest BCUT2D eigenvalue weighted by molar-refractivity contribution is 0.293. The summed E-state index contributed by atoms with van der Waals surface area (Å²) in [6.07, 6.45) is 5.60. The van der Waals surface area contributed by atoms with Crippen LogP contribution in [0, 0.1) is 18.3 Å². The molecule has 1 spiro atoms. The van der Waals surface area contributed by atoms with Crippen LogP contribution in [0.2, 0.25) is 0 Å². The van der Waals surface area contributed by atoms with Gasteiger partial charge in [-0.2, -0.15) is 0 Å². The summed E-state index contributed by atoms with van der Waals surface area (Å²) in [4.78, 5) is 21.0. The van der Waals surface area contributed by atoms with Crippen LogP contribution in [-0.4, -0.2) is 29.3 Å². The number of hydrogen-bond donors (Lipinski definition) is 0. The molecule has 0 N–H and O–H groups in total. The second-order valence-electron chi connectivity index (χ2n) is 15.9. The second-order valence-corrected chi connectivity index (χ2v) is 15.9. The summed E-state index contributed by atoms with van der Waals surface area (Å²) < 4.78 is 0. The van der Waals surface area contributed by atoms with Crippen molar-refractivity contribution >= 4 is 39.9 Å². The normalized spacial score (nSPS) is 27.8. The summed E-state index contributed by atoms with van der Waals surface area (Å²) in [5.41, 5.74) is 14.4. The van der Waals surface area contributed by atoms with E-state index in [9.17, 15) is 0 Å². The fraction of sp³-hybridized carbons (Fsp3) is 0.261. The maximum absolute atomic E-state index is 5.41. The molecule has 0 radical (unpaired) electrons. The van der Waals surface area contributed by atoms with Crippen molar-refractivity contribution < 1.29 is 0 Å². The lowest BCUT2D eigenvalue weighted by atomic mass is 9.74. The standard InChI is InChI=1S/C46H40N6/c1-4-45-41(46(45)26-40-50(30-15-6-5-7-16-30)37-20-12-13-21-38(37)51(40)36-19-11-10-18-34(36)46)33-25-29-22-23-35(32(33)24-29)52-39-27-47-42(31-17-9-8-14-28(31)2)48-43(39)49(3)44(45)52/h5-24,27,33,40-41,44H,4,25-26H2,1-3H3.